The van der Waals surface area contributed by atoms with E-state index in [1.54, 1.807) is 18.2 Å². The fourth-order valence-corrected chi connectivity index (χ4v) is 3.38. The van der Waals surface area contributed by atoms with E-state index in [4.69, 9.17) is 4.74 Å². The molecule has 0 aromatic heterocycles. The van der Waals surface area contributed by atoms with Crippen LogP contribution in [0.5, 0.6) is 0 Å². The fraction of sp³-hybridized carbons (Fsp3) is 0.625. The Morgan fingerprint density at radius 2 is 1.95 bits per heavy atom. The number of hydrogen-bond acceptors (Lipinski definition) is 3. The predicted octanol–water partition coefficient (Wildman–Crippen LogP) is 2.36. The van der Waals surface area contributed by atoms with E-state index in [1.165, 1.54) is 6.07 Å². The lowest BCUT2D eigenvalue weighted by Crippen LogP contribution is -2.45. The Labute approximate surface area is 119 Å². The summed E-state index contributed by atoms with van der Waals surface area (Å²) in [4.78, 5) is 2.35. The topological polar surface area (TPSA) is 32.7 Å². The number of aliphatic hydroxyl groups excluding tert-OH is 1. The number of aliphatic hydroxyl groups is 1. The number of rotatable bonds is 4. The molecule has 0 radical (unpaired) electrons. The van der Waals surface area contributed by atoms with Crippen molar-refractivity contribution < 1.29 is 14.2 Å². The summed E-state index contributed by atoms with van der Waals surface area (Å²) in [6.07, 6.45) is 2.24. The van der Waals surface area contributed by atoms with Gasteiger partial charge in [-0.2, -0.15) is 0 Å². The minimum absolute atomic E-state index is 0.00407. The van der Waals surface area contributed by atoms with Crippen molar-refractivity contribution in [1.29, 1.82) is 0 Å². The number of fused-ring (bicyclic) bond motifs is 2. The van der Waals surface area contributed by atoms with E-state index in [2.05, 4.69) is 4.90 Å². The van der Waals surface area contributed by atoms with Gasteiger partial charge in [0.05, 0.1) is 18.3 Å². The van der Waals surface area contributed by atoms with Crippen LogP contribution in [0.2, 0.25) is 0 Å². The molecule has 2 fully saturated rings. The average molecular weight is 279 g/mol. The molecule has 110 valence electrons. The van der Waals surface area contributed by atoms with E-state index in [0.717, 1.165) is 32.5 Å². The van der Waals surface area contributed by atoms with Gasteiger partial charge in [0.25, 0.3) is 0 Å². The summed E-state index contributed by atoms with van der Waals surface area (Å²) in [6, 6.07) is 6.49. The van der Waals surface area contributed by atoms with Crippen molar-refractivity contribution in [3.05, 3.63) is 35.6 Å². The van der Waals surface area contributed by atoms with Gasteiger partial charge < -0.3 is 9.84 Å². The highest BCUT2D eigenvalue weighted by atomic mass is 19.1. The SMILES string of the molecule is CC(CN1CC2CCC(C1)O2)C(O)c1ccccc1F. The number of nitrogens with zero attached hydrogens (tertiary/aromatic N) is 1. The first-order chi connectivity index (χ1) is 9.63. The van der Waals surface area contributed by atoms with Gasteiger partial charge in [-0.15, -0.1) is 0 Å². The molecule has 4 atom stereocenters. The lowest BCUT2D eigenvalue weighted by Gasteiger charge is -2.34. The Morgan fingerprint density at radius 3 is 2.60 bits per heavy atom. The molecule has 2 aliphatic rings. The molecule has 2 aliphatic heterocycles. The summed E-state index contributed by atoms with van der Waals surface area (Å²) < 4.78 is 19.5. The zero-order valence-electron chi connectivity index (χ0n) is 11.8. The maximum absolute atomic E-state index is 13.7. The second-order valence-electron chi connectivity index (χ2n) is 6.12. The first kappa shape index (κ1) is 14.0. The Morgan fingerprint density at radius 1 is 1.30 bits per heavy atom. The van der Waals surface area contributed by atoms with Gasteiger partial charge in [0.1, 0.15) is 5.82 Å². The lowest BCUT2D eigenvalue weighted by atomic mass is 9.96. The summed E-state index contributed by atoms with van der Waals surface area (Å²) in [5.74, 6) is -0.321. The van der Waals surface area contributed by atoms with Gasteiger partial charge in [-0.25, -0.2) is 4.39 Å². The number of ether oxygens (including phenoxy) is 1. The Kier molecular flexibility index (Phi) is 4.06. The number of likely N-dealkylation sites (tertiary alicyclic amines) is 1. The maximum Gasteiger partial charge on any atom is 0.129 e. The third-order valence-electron chi connectivity index (χ3n) is 4.43. The van der Waals surface area contributed by atoms with Crippen LogP contribution < -0.4 is 0 Å². The van der Waals surface area contributed by atoms with E-state index in [1.807, 2.05) is 6.92 Å². The molecule has 1 N–H and O–H groups in total. The molecule has 0 amide bonds. The van der Waals surface area contributed by atoms with Gasteiger partial charge in [-0.05, 0) is 24.8 Å². The van der Waals surface area contributed by atoms with Crippen molar-refractivity contribution >= 4 is 0 Å². The van der Waals surface area contributed by atoms with Crippen LogP contribution in [0.15, 0.2) is 24.3 Å². The van der Waals surface area contributed by atoms with Gasteiger partial charge in [0.15, 0.2) is 0 Å². The first-order valence-electron chi connectivity index (χ1n) is 7.44. The van der Waals surface area contributed by atoms with E-state index < -0.39 is 6.10 Å². The van der Waals surface area contributed by atoms with E-state index in [0.29, 0.717) is 17.8 Å². The Balaban J connectivity index is 1.61. The quantitative estimate of drug-likeness (QED) is 0.918. The van der Waals surface area contributed by atoms with Gasteiger partial charge >= 0.3 is 0 Å². The summed E-state index contributed by atoms with van der Waals surface area (Å²) in [6.45, 7) is 4.63. The third kappa shape index (κ3) is 2.87. The molecule has 1 aromatic rings. The normalized spacial score (nSPS) is 29.4. The van der Waals surface area contributed by atoms with Crippen molar-refractivity contribution in [3.63, 3.8) is 0 Å². The van der Waals surface area contributed by atoms with E-state index in [9.17, 15) is 9.50 Å². The molecular formula is C16H22FNO2. The van der Waals surface area contributed by atoms with Crippen molar-refractivity contribution in [2.45, 2.75) is 38.1 Å². The highest BCUT2D eigenvalue weighted by molar-refractivity contribution is 5.20. The number of benzene rings is 1. The van der Waals surface area contributed by atoms with Crippen molar-refractivity contribution in [2.24, 2.45) is 5.92 Å². The number of halogens is 1. The molecule has 0 saturated carbocycles. The number of morpholine rings is 1. The molecular weight excluding hydrogens is 257 g/mol. The molecule has 4 unspecified atom stereocenters. The summed E-state index contributed by atoms with van der Waals surface area (Å²) in [5, 5.41) is 10.4. The largest absolute Gasteiger partial charge is 0.388 e. The summed E-state index contributed by atoms with van der Waals surface area (Å²) >= 11 is 0. The lowest BCUT2D eigenvalue weighted by molar-refractivity contribution is -0.0484. The molecule has 2 saturated heterocycles. The van der Waals surface area contributed by atoms with Crippen LogP contribution in [0.25, 0.3) is 0 Å². The van der Waals surface area contributed by atoms with Gasteiger partial charge in [-0.1, -0.05) is 25.1 Å². The molecule has 3 rings (SSSR count). The van der Waals surface area contributed by atoms with Crippen LogP contribution in [0.3, 0.4) is 0 Å². The molecule has 2 heterocycles. The fourth-order valence-electron chi connectivity index (χ4n) is 3.38. The molecule has 20 heavy (non-hydrogen) atoms. The first-order valence-corrected chi connectivity index (χ1v) is 7.44. The van der Waals surface area contributed by atoms with Gasteiger partial charge in [-0.3, -0.25) is 4.90 Å². The molecule has 1 aromatic carbocycles. The molecule has 4 heteroatoms. The van der Waals surface area contributed by atoms with Crippen LogP contribution in [0.4, 0.5) is 4.39 Å². The van der Waals surface area contributed by atoms with Gasteiger partial charge in [0.2, 0.25) is 0 Å². The third-order valence-corrected chi connectivity index (χ3v) is 4.43. The van der Waals surface area contributed by atoms with Crippen molar-refractivity contribution in [2.75, 3.05) is 19.6 Å². The second kappa shape index (κ2) is 5.80. The van der Waals surface area contributed by atoms with Crippen molar-refractivity contribution in [1.82, 2.24) is 4.90 Å². The molecule has 3 nitrogen and oxygen atoms in total. The maximum atomic E-state index is 13.7. The van der Waals surface area contributed by atoms with Crippen LogP contribution in [0, 0.1) is 11.7 Å². The average Bonchev–Trinajstić information content (AvgIpc) is 2.77. The molecule has 2 bridgehead atoms. The van der Waals surface area contributed by atoms with E-state index >= 15 is 0 Å². The van der Waals surface area contributed by atoms with Crippen LogP contribution in [0.1, 0.15) is 31.4 Å². The second-order valence-corrected chi connectivity index (χ2v) is 6.12. The predicted molar refractivity (Wildman–Crippen MR) is 74.9 cm³/mol. The Bertz CT molecular complexity index is 456. The smallest absolute Gasteiger partial charge is 0.129 e. The standard InChI is InChI=1S/C16H22FNO2/c1-11(16(19)14-4-2-3-5-15(14)17)8-18-9-12-6-7-13(10-18)20-12/h2-5,11-13,16,19H,6-10H2,1H3. The molecule has 0 spiro atoms. The van der Waals surface area contributed by atoms with Crippen LogP contribution in [-0.2, 0) is 4.74 Å². The monoisotopic (exact) mass is 279 g/mol. The summed E-state index contributed by atoms with van der Waals surface area (Å²) in [5.41, 5.74) is 0.399. The molecule has 0 aliphatic carbocycles. The Hall–Kier alpha value is -0.970. The highest BCUT2D eigenvalue weighted by Gasteiger charge is 2.34. The number of hydrogen-bond donors (Lipinski definition) is 1. The minimum Gasteiger partial charge on any atom is -0.388 e. The van der Waals surface area contributed by atoms with Crippen molar-refractivity contribution in [3.8, 4) is 0 Å². The zero-order valence-corrected chi connectivity index (χ0v) is 11.8. The van der Waals surface area contributed by atoms with E-state index in [-0.39, 0.29) is 11.7 Å². The summed E-state index contributed by atoms with van der Waals surface area (Å²) in [7, 11) is 0. The van der Waals surface area contributed by atoms with Crippen LogP contribution in [-0.4, -0.2) is 41.8 Å². The highest BCUT2D eigenvalue weighted by Crippen LogP contribution is 2.29. The minimum atomic E-state index is -0.753. The van der Waals surface area contributed by atoms with Crippen LogP contribution >= 0.6 is 0 Å². The van der Waals surface area contributed by atoms with Gasteiger partial charge in [0, 0.05) is 25.2 Å². The zero-order chi connectivity index (χ0) is 14.1.